The Morgan fingerprint density at radius 3 is 3.25 bits per heavy atom. The molecule has 86 valence electrons. The molecule has 16 heavy (non-hydrogen) atoms. The van der Waals surface area contributed by atoms with E-state index < -0.39 is 0 Å². The van der Waals surface area contributed by atoms with Crippen molar-refractivity contribution >= 4 is 11.6 Å². The minimum Gasteiger partial charge on any atom is -0.399 e. The molecule has 1 saturated heterocycles. The first-order valence-electron chi connectivity index (χ1n) is 5.43. The molecule has 1 fully saturated rings. The zero-order valence-corrected chi connectivity index (χ0v) is 9.15. The van der Waals surface area contributed by atoms with Gasteiger partial charge in [-0.2, -0.15) is 0 Å². The average Bonchev–Trinajstić information content (AvgIpc) is 2.43. The molecule has 5 heteroatoms. The molecule has 0 aromatic carbocycles. The predicted octanol–water partition coefficient (Wildman–Crippen LogP) is -0.0143. The van der Waals surface area contributed by atoms with E-state index in [1.165, 1.54) is 0 Å². The molecule has 1 aromatic heterocycles. The number of amides is 1. The van der Waals surface area contributed by atoms with Gasteiger partial charge in [-0.1, -0.05) is 0 Å². The molecule has 3 N–H and O–H groups in total. The Balaban J connectivity index is 2.00. The van der Waals surface area contributed by atoms with Gasteiger partial charge in [-0.25, -0.2) is 0 Å². The maximum absolute atomic E-state index is 11.4. The summed E-state index contributed by atoms with van der Waals surface area (Å²) in [6, 6.07) is 3.61. The van der Waals surface area contributed by atoms with Crippen molar-refractivity contribution in [2.75, 3.05) is 25.4 Å². The summed E-state index contributed by atoms with van der Waals surface area (Å²) in [4.78, 5) is 17.7. The van der Waals surface area contributed by atoms with E-state index in [0.717, 1.165) is 25.2 Å². The first kappa shape index (κ1) is 10.9. The molecule has 0 saturated carbocycles. The second-order valence-corrected chi connectivity index (χ2v) is 3.99. The third kappa shape index (κ3) is 2.93. The van der Waals surface area contributed by atoms with Gasteiger partial charge in [0.15, 0.2) is 0 Å². The minimum absolute atomic E-state index is 0.0846. The number of anilines is 1. The van der Waals surface area contributed by atoms with Crippen molar-refractivity contribution in [3.8, 4) is 0 Å². The van der Waals surface area contributed by atoms with Crippen LogP contribution in [0.25, 0.3) is 0 Å². The van der Waals surface area contributed by atoms with Crippen LogP contribution < -0.4 is 11.1 Å². The van der Waals surface area contributed by atoms with E-state index >= 15 is 0 Å². The summed E-state index contributed by atoms with van der Waals surface area (Å²) in [5.74, 6) is 0.0846. The van der Waals surface area contributed by atoms with Crippen molar-refractivity contribution in [3.05, 3.63) is 24.0 Å². The number of nitrogens with zero attached hydrogens (tertiary/aromatic N) is 2. The molecular weight excluding hydrogens is 204 g/mol. The van der Waals surface area contributed by atoms with Crippen LogP contribution in [0, 0.1) is 0 Å². The Hall–Kier alpha value is -1.62. The van der Waals surface area contributed by atoms with Gasteiger partial charge < -0.3 is 11.1 Å². The van der Waals surface area contributed by atoms with E-state index in [1.807, 2.05) is 6.07 Å². The Morgan fingerprint density at radius 1 is 1.56 bits per heavy atom. The number of carbonyl (C=O) groups excluding carboxylic acids is 1. The molecule has 5 nitrogen and oxygen atoms in total. The summed E-state index contributed by atoms with van der Waals surface area (Å²) in [5.41, 5.74) is 7.31. The third-order valence-electron chi connectivity index (χ3n) is 2.57. The molecule has 0 spiro atoms. The van der Waals surface area contributed by atoms with Crippen LogP contribution in [-0.4, -0.2) is 35.4 Å². The molecule has 2 rings (SSSR count). The minimum atomic E-state index is 0.0846. The van der Waals surface area contributed by atoms with Crippen molar-refractivity contribution < 1.29 is 4.79 Å². The fourth-order valence-electron chi connectivity index (χ4n) is 1.82. The van der Waals surface area contributed by atoms with Gasteiger partial charge in [0.1, 0.15) is 0 Å². The van der Waals surface area contributed by atoms with E-state index in [2.05, 4.69) is 15.2 Å². The Labute approximate surface area is 94.6 Å². The molecule has 1 aliphatic rings. The van der Waals surface area contributed by atoms with Gasteiger partial charge in [0.05, 0.1) is 12.2 Å². The van der Waals surface area contributed by atoms with Crippen LogP contribution in [0.5, 0.6) is 0 Å². The van der Waals surface area contributed by atoms with Crippen molar-refractivity contribution in [1.29, 1.82) is 0 Å². The van der Waals surface area contributed by atoms with Gasteiger partial charge in [0.2, 0.25) is 5.91 Å². The largest absolute Gasteiger partial charge is 0.399 e. The lowest BCUT2D eigenvalue weighted by atomic mass is 10.3. The lowest BCUT2D eigenvalue weighted by Crippen LogP contribution is -2.32. The van der Waals surface area contributed by atoms with Crippen molar-refractivity contribution in [2.45, 2.75) is 13.0 Å². The molecule has 1 amide bonds. The Kier molecular flexibility index (Phi) is 3.36. The summed E-state index contributed by atoms with van der Waals surface area (Å²) in [5, 5.41) is 2.85. The van der Waals surface area contributed by atoms with Gasteiger partial charge in [0, 0.05) is 31.5 Å². The van der Waals surface area contributed by atoms with E-state index in [9.17, 15) is 4.79 Å². The van der Waals surface area contributed by atoms with Crippen LogP contribution in [0.3, 0.4) is 0 Å². The van der Waals surface area contributed by atoms with Gasteiger partial charge in [-0.15, -0.1) is 0 Å². The van der Waals surface area contributed by atoms with Crippen molar-refractivity contribution in [1.82, 2.24) is 15.2 Å². The lowest BCUT2D eigenvalue weighted by molar-refractivity contribution is -0.121. The van der Waals surface area contributed by atoms with E-state index in [0.29, 0.717) is 18.8 Å². The monoisotopic (exact) mass is 220 g/mol. The molecule has 0 atom stereocenters. The fraction of sp³-hybridized carbons (Fsp3) is 0.455. The number of rotatable bonds is 2. The van der Waals surface area contributed by atoms with Crippen LogP contribution in [-0.2, 0) is 11.3 Å². The number of aromatic nitrogens is 1. The highest BCUT2D eigenvalue weighted by Gasteiger charge is 2.14. The first-order valence-corrected chi connectivity index (χ1v) is 5.43. The quantitative estimate of drug-likeness (QED) is 0.735. The molecular formula is C11H16N4O. The summed E-state index contributed by atoms with van der Waals surface area (Å²) in [7, 11) is 0. The molecule has 1 aromatic rings. The molecule has 2 heterocycles. The fourth-order valence-corrected chi connectivity index (χ4v) is 1.82. The van der Waals surface area contributed by atoms with Gasteiger partial charge in [-0.05, 0) is 18.6 Å². The summed E-state index contributed by atoms with van der Waals surface area (Å²) in [6.07, 6.45) is 2.68. The van der Waals surface area contributed by atoms with Crippen LogP contribution in [0.1, 0.15) is 12.1 Å². The highest BCUT2D eigenvalue weighted by molar-refractivity contribution is 5.78. The summed E-state index contributed by atoms with van der Waals surface area (Å²) in [6.45, 7) is 2.80. The Morgan fingerprint density at radius 2 is 2.44 bits per heavy atom. The zero-order valence-electron chi connectivity index (χ0n) is 9.15. The van der Waals surface area contributed by atoms with Gasteiger partial charge >= 0.3 is 0 Å². The zero-order chi connectivity index (χ0) is 11.4. The average molecular weight is 220 g/mol. The lowest BCUT2D eigenvalue weighted by Gasteiger charge is -2.17. The number of nitrogens with two attached hydrogens (primary N) is 1. The number of hydrogen-bond donors (Lipinski definition) is 2. The number of pyridine rings is 1. The van der Waals surface area contributed by atoms with Gasteiger partial charge in [-0.3, -0.25) is 14.7 Å². The van der Waals surface area contributed by atoms with Crippen LogP contribution >= 0.6 is 0 Å². The number of hydrogen-bond acceptors (Lipinski definition) is 4. The second-order valence-electron chi connectivity index (χ2n) is 3.99. The standard InChI is InChI=1S/C11H16N4O/c12-9-2-4-13-10(6-9)7-15-5-1-3-14-11(16)8-15/h2,4,6H,1,3,5,7-8H2,(H2,12,13)(H,14,16). The van der Waals surface area contributed by atoms with E-state index in [4.69, 9.17) is 5.73 Å². The van der Waals surface area contributed by atoms with E-state index in [1.54, 1.807) is 12.3 Å². The van der Waals surface area contributed by atoms with E-state index in [-0.39, 0.29) is 5.91 Å². The second kappa shape index (κ2) is 4.94. The number of nitrogens with one attached hydrogen (secondary N) is 1. The smallest absolute Gasteiger partial charge is 0.234 e. The first-order chi connectivity index (χ1) is 7.74. The van der Waals surface area contributed by atoms with Crippen LogP contribution in [0.15, 0.2) is 18.3 Å². The molecule has 0 aliphatic carbocycles. The highest BCUT2D eigenvalue weighted by Crippen LogP contribution is 2.07. The van der Waals surface area contributed by atoms with Crippen molar-refractivity contribution in [3.63, 3.8) is 0 Å². The Bertz CT molecular complexity index is 380. The summed E-state index contributed by atoms with van der Waals surface area (Å²) < 4.78 is 0. The summed E-state index contributed by atoms with van der Waals surface area (Å²) >= 11 is 0. The van der Waals surface area contributed by atoms with Crippen molar-refractivity contribution in [2.24, 2.45) is 0 Å². The number of carbonyl (C=O) groups is 1. The molecule has 0 unspecified atom stereocenters. The van der Waals surface area contributed by atoms with Crippen LogP contribution in [0.2, 0.25) is 0 Å². The number of nitrogen functional groups attached to an aromatic ring is 1. The molecule has 0 bridgehead atoms. The maximum atomic E-state index is 11.4. The van der Waals surface area contributed by atoms with Crippen LogP contribution in [0.4, 0.5) is 5.69 Å². The highest BCUT2D eigenvalue weighted by atomic mass is 16.2. The molecule has 0 radical (unpaired) electrons. The predicted molar refractivity (Wildman–Crippen MR) is 61.6 cm³/mol. The van der Waals surface area contributed by atoms with Gasteiger partial charge in [0.25, 0.3) is 0 Å². The normalized spacial score (nSPS) is 17.9. The SMILES string of the molecule is Nc1ccnc(CN2CCCNC(=O)C2)c1. The maximum Gasteiger partial charge on any atom is 0.234 e. The molecule has 1 aliphatic heterocycles. The topological polar surface area (TPSA) is 71.2 Å². The third-order valence-corrected chi connectivity index (χ3v) is 2.57.